The van der Waals surface area contributed by atoms with Gasteiger partial charge in [-0.05, 0) is 31.0 Å². The lowest BCUT2D eigenvalue weighted by atomic mass is 10.1. The SMILES string of the molecule is CCOC(=O)C1(N)CC1c1cccc(Cl)c1. The number of hydrogen-bond acceptors (Lipinski definition) is 3. The van der Waals surface area contributed by atoms with Crippen LogP contribution in [0.25, 0.3) is 0 Å². The lowest BCUT2D eigenvalue weighted by molar-refractivity contribution is -0.145. The van der Waals surface area contributed by atoms with Crippen molar-refractivity contribution in [2.45, 2.75) is 24.8 Å². The van der Waals surface area contributed by atoms with E-state index in [-0.39, 0.29) is 11.9 Å². The van der Waals surface area contributed by atoms with Crippen molar-refractivity contribution in [1.82, 2.24) is 0 Å². The van der Waals surface area contributed by atoms with Crippen LogP contribution in [0.15, 0.2) is 24.3 Å². The van der Waals surface area contributed by atoms with Crippen molar-refractivity contribution in [3.05, 3.63) is 34.9 Å². The Morgan fingerprint density at radius 2 is 2.44 bits per heavy atom. The number of benzene rings is 1. The van der Waals surface area contributed by atoms with E-state index in [2.05, 4.69) is 0 Å². The van der Waals surface area contributed by atoms with Crippen molar-refractivity contribution < 1.29 is 9.53 Å². The van der Waals surface area contributed by atoms with Crippen LogP contribution < -0.4 is 5.73 Å². The Morgan fingerprint density at radius 3 is 3.06 bits per heavy atom. The second-order valence-electron chi connectivity index (χ2n) is 4.07. The predicted octanol–water partition coefficient (Wildman–Crippen LogP) is 2.09. The Hall–Kier alpha value is -1.06. The van der Waals surface area contributed by atoms with Crippen LogP contribution in [-0.4, -0.2) is 18.1 Å². The van der Waals surface area contributed by atoms with Crippen molar-refractivity contribution >= 4 is 17.6 Å². The molecule has 3 nitrogen and oxygen atoms in total. The van der Waals surface area contributed by atoms with Gasteiger partial charge >= 0.3 is 5.97 Å². The minimum atomic E-state index is -0.847. The fraction of sp³-hybridized carbons (Fsp3) is 0.417. The van der Waals surface area contributed by atoms with Crippen molar-refractivity contribution in [2.75, 3.05) is 6.61 Å². The average molecular weight is 240 g/mol. The smallest absolute Gasteiger partial charge is 0.326 e. The van der Waals surface area contributed by atoms with Crippen molar-refractivity contribution in [3.8, 4) is 0 Å². The molecule has 1 aromatic carbocycles. The molecule has 1 aliphatic carbocycles. The first kappa shape index (κ1) is 11.4. The van der Waals surface area contributed by atoms with Crippen LogP contribution >= 0.6 is 11.6 Å². The Labute approximate surface area is 99.5 Å². The molecule has 16 heavy (non-hydrogen) atoms. The summed E-state index contributed by atoms with van der Waals surface area (Å²) in [5.74, 6) is -0.287. The van der Waals surface area contributed by atoms with E-state index in [0.717, 1.165) is 5.56 Å². The van der Waals surface area contributed by atoms with Crippen molar-refractivity contribution in [1.29, 1.82) is 0 Å². The van der Waals surface area contributed by atoms with E-state index in [4.69, 9.17) is 22.1 Å². The van der Waals surface area contributed by atoms with E-state index in [9.17, 15) is 4.79 Å². The van der Waals surface area contributed by atoms with E-state index in [0.29, 0.717) is 18.1 Å². The molecule has 0 aromatic heterocycles. The lowest BCUT2D eigenvalue weighted by Gasteiger charge is -2.10. The van der Waals surface area contributed by atoms with E-state index >= 15 is 0 Å². The van der Waals surface area contributed by atoms with Gasteiger partial charge in [-0.3, -0.25) is 4.79 Å². The first-order chi connectivity index (χ1) is 7.58. The lowest BCUT2D eigenvalue weighted by Crippen LogP contribution is -2.36. The number of ether oxygens (including phenoxy) is 1. The highest BCUT2D eigenvalue weighted by molar-refractivity contribution is 6.30. The molecule has 0 bridgehead atoms. The maximum absolute atomic E-state index is 11.6. The second kappa shape index (κ2) is 4.07. The second-order valence-corrected chi connectivity index (χ2v) is 4.51. The third-order valence-corrected chi connectivity index (χ3v) is 3.15. The number of rotatable bonds is 3. The summed E-state index contributed by atoms with van der Waals surface area (Å²) in [4.78, 5) is 11.6. The van der Waals surface area contributed by atoms with Crippen LogP contribution in [0.1, 0.15) is 24.8 Å². The third kappa shape index (κ3) is 1.93. The van der Waals surface area contributed by atoms with Gasteiger partial charge in [0.1, 0.15) is 5.54 Å². The average Bonchev–Trinajstić information content (AvgIpc) is 2.93. The van der Waals surface area contributed by atoms with E-state index in [1.54, 1.807) is 13.0 Å². The maximum atomic E-state index is 11.6. The van der Waals surface area contributed by atoms with Gasteiger partial charge in [0.15, 0.2) is 0 Å². The van der Waals surface area contributed by atoms with Crippen molar-refractivity contribution in [2.24, 2.45) is 5.73 Å². The zero-order valence-corrected chi connectivity index (χ0v) is 9.83. The molecule has 0 saturated heterocycles. The maximum Gasteiger partial charge on any atom is 0.326 e. The molecule has 2 rings (SSSR count). The largest absolute Gasteiger partial charge is 0.465 e. The van der Waals surface area contributed by atoms with Gasteiger partial charge in [0.25, 0.3) is 0 Å². The third-order valence-electron chi connectivity index (χ3n) is 2.91. The molecule has 2 unspecified atom stereocenters. The van der Waals surface area contributed by atoms with Gasteiger partial charge in [-0.2, -0.15) is 0 Å². The highest BCUT2D eigenvalue weighted by Crippen LogP contribution is 2.50. The van der Waals surface area contributed by atoms with Gasteiger partial charge < -0.3 is 10.5 Å². The summed E-state index contributed by atoms with van der Waals surface area (Å²) in [6.45, 7) is 2.14. The number of nitrogens with two attached hydrogens (primary N) is 1. The summed E-state index contributed by atoms with van der Waals surface area (Å²) >= 11 is 5.89. The molecule has 1 aliphatic rings. The number of carbonyl (C=O) groups excluding carboxylic acids is 1. The molecule has 1 saturated carbocycles. The zero-order chi connectivity index (χ0) is 11.8. The van der Waals surface area contributed by atoms with Gasteiger partial charge in [0.2, 0.25) is 0 Å². The van der Waals surface area contributed by atoms with Crippen LogP contribution in [-0.2, 0) is 9.53 Å². The molecule has 2 N–H and O–H groups in total. The summed E-state index contributed by atoms with van der Waals surface area (Å²) in [5.41, 5.74) is 6.14. The van der Waals surface area contributed by atoms with Crippen LogP contribution in [0, 0.1) is 0 Å². The molecule has 0 amide bonds. The summed E-state index contributed by atoms with van der Waals surface area (Å²) in [6, 6.07) is 7.45. The standard InChI is InChI=1S/C12H14ClNO2/c1-2-16-11(15)12(14)7-10(12)8-4-3-5-9(13)6-8/h3-6,10H,2,7,14H2,1H3. The first-order valence-corrected chi connectivity index (χ1v) is 5.67. The Kier molecular flexibility index (Phi) is 2.91. The number of halogens is 1. The normalized spacial score (nSPS) is 27.6. The van der Waals surface area contributed by atoms with Gasteiger partial charge in [0.05, 0.1) is 6.61 Å². The van der Waals surface area contributed by atoms with Crippen LogP contribution in [0.4, 0.5) is 0 Å². The zero-order valence-electron chi connectivity index (χ0n) is 9.07. The van der Waals surface area contributed by atoms with Crippen LogP contribution in [0.5, 0.6) is 0 Å². The highest BCUT2D eigenvalue weighted by atomic mass is 35.5. The molecule has 0 spiro atoms. The Morgan fingerprint density at radius 1 is 1.69 bits per heavy atom. The van der Waals surface area contributed by atoms with Crippen LogP contribution in [0.2, 0.25) is 5.02 Å². The van der Waals surface area contributed by atoms with Gasteiger partial charge in [-0.1, -0.05) is 23.7 Å². The summed E-state index contributed by atoms with van der Waals surface area (Å²) in [5, 5.41) is 0.663. The molecule has 1 aromatic rings. The van der Waals surface area contributed by atoms with Gasteiger partial charge in [-0.15, -0.1) is 0 Å². The highest BCUT2D eigenvalue weighted by Gasteiger charge is 2.59. The Bertz CT molecular complexity index is 421. The molecular weight excluding hydrogens is 226 g/mol. The van der Waals surface area contributed by atoms with Gasteiger partial charge in [-0.25, -0.2) is 0 Å². The minimum absolute atomic E-state index is 0.0326. The number of carbonyl (C=O) groups is 1. The summed E-state index contributed by atoms with van der Waals surface area (Å²) < 4.78 is 4.95. The molecule has 1 fully saturated rings. The minimum Gasteiger partial charge on any atom is -0.465 e. The van der Waals surface area contributed by atoms with Gasteiger partial charge in [0, 0.05) is 10.9 Å². The number of esters is 1. The first-order valence-electron chi connectivity index (χ1n) is 5.29. The topological polar surface area (TPSA) is 52.3 Å². The molecule has 0 radical (unpaired) electrons. The summed E-state index contributed by atoms with van der Waals surface area (Å²) in [7, 11) is 0. The quantitative estimate of drug-likeness (QED) is 0.822. The monoisotopic (exact) mass is 239 g/mol. The fourth-order valence-corrected chi connectivity index (χ4v) is 2.11. The molecule has 2 atom stereocenters. The molecule has 0 aliphatic heterocycles. The van der Waals surface area contributed by atoms with E-state index < -0.39 is 5.54 Å². The van der Waals surface area contributed by atoms with E-state index in [1.165, 1.54) is 0 Å². The molecular formula is C12H14ClNO2. The Balaban J connectivity index is 2.13. The predicted molar refractivity (Wildman–Crippen MR) is 62.4 cm³/mol. The molecule has 86 valence electrons. The molecule has 4 heteroatoms. The summed E-state index contributed by atoms with van der Waals surface area (Å²) in [6.07, 6.45) is 0.631. The fourth-order valence-electron chi connectivity index (χ4n) is 1.91. The number of hydrogen-bond donors (Lipinski definition) is 1. The van der Waals surface area contributed by atoms with Crippen LogP contribution in [0.3, 0.4) is 0 Å². The molecule has 0 heterocycles. The van der Waals surface area contributed by atoms with E-state index in [1.807, 2.05) is 18.2 Å². The van der Waals surface area contributed by atoms with Crippen molar-refractivity contribution in [3.63, 3.8) is 0 Å².